The maximum atomic E-state index is 13.1. The van der Waals surface area contributed by atoms with Crippen molar-refractivity contribution in [2.75, 3.05) is 5.75 Å². The predicted molar refractivity (Wildman–Crippen MR) is 101 cm³/mol. The number of halogens is 7. The highest BCUT2D eigenvalue weighted by atomic mass is 127. The topological polar surface area (TPSA) is 43.6 Å². The van der Waals surface area contributed by atoms with Gasteiger partial charge in [-0.1, -0.05) is 6.92 Å². The van der Waals surface area contributed by atoms with Gasteiger partial charge in [-0.15, -0.1) is 11.8 Å². The fourth-order valence-electron chi connectivity index (χ4n) is 2.10. The molecule has 0 spiro atoms. The van der Waals surface area contributed by atoms with Gasteiger partial charge in [-0.3, -0.25) is 4.98 Å². The van der Waals surface area contributed by atoms with Crippen molar-refractivity contribution in [1.82, 2.24) is 19.5 Å². The summed E-state index contributed by atoms with van der Waals surface area (Å²) in [6.07, 6.45) is -6.85. The van der Waals surface area contributed by atoms with Gasteiger partial charge in [-0.05, 0) is 46.5 Å². The summed E-state index contributed by atoms with van der Waals surface area (Å²) in [5.41, 5.74) is -1.00. The Labute approximate surface area is 174 Å². The number of aromatic nitrogens is 4. The van der Waals surface area contributed by atoms with Crippen molar-refractivity contribution >= 4 is 34.4 Å². The lowest BCUT2D eigenvalue weighted by Gasteiger charge is -2.14. The zero-order chi connectivity index (χ0) is 20.9. The number of thioether (sulfide) groups is 1. The maximum absolute atomic E-state index is 13.1. The molecule has 0 radical (unpaired) electrons. The molecule has 0 aliphatic carbocycles. The van der Waals surface area contributed by atoms with Crippen molar-refractivity contribution in [2.24, 2.45) is 0 Å². The first-order chi connectivity index (χ1) is 13.0. The average Bonchev–Trinajstić information content (AvgIpc) is 2.64. The molecule has 28 heavy (non-hydrogen) atoms. The molecule has 0 atom stereocenters. The highest BCUT2D eigenvalue weighted by Gasteiger charge is 2.32. The van der Waals surface area contributed by atoms with Crippen molar-refractivity contribution in [1.29, 1.82) is 0 Å². The third kappa shape index (κ3) is 6.50. The van der Waals surface area contributed by atoms with Crippen molar-refractivity contribution in [3.63, 3.8) is 0 Å². The van der Waals surface area contributed by atoms with Crippen molar-refractivity contribution in [3.8, 4) is 11.5 Å². The summed E-state index contributed by atoms with van der Waals surface area (Å²) in [6, 6.07) is 3.98. The van der Waals surface area contributed by atoms with Gasteiger partial charge in [0, 0.05) is 17.3 Å². The van der Waals surface area contributed by atoms with Gasteiger partial charge in [-0.25, -0.2) is 9.97 Å². The van der Waals surface area contributed by atoms with E-state index >= 15 is 0 Å². The highest BCUT2D eigenvalue weighted by molar-refractivity contribution is 14.1. The van der Waals surface area contributed by atoms with Crippen LogP contribution in [0, 0.1) is 3.70 Å². The Kier molecular flexibility index (Phi) is 7.53. The van der Waals surface area contributed by atoms with Crippen molar-refractivity contribution < 1.29 is 26.3 Å². The molecule has 2 aromatic heterocycles. The fraction of sp³-hybridized carbons (Fsp3) is 0.312. The van der Waals surface area contributed by atoms with E-state index in [9.17, 15) is 26.3 Å². The predicted octanol–water partition coefficient (Wildman–Crippen LogP) is 5.76. The first-order valence-corrected chi connectivity index (χ1v) is 9.76. The summed E-state index contributed by atoms with van der Waals surface area (Å²) in [6.45, 7) is 0.367. The van der Waals surface area contributed by atoms with Gasteiger partial charge in [0.1, 0.15) is 15.9 Å². The summed E-state index contributed by atoms with van der Waals surface area (Å²) in [4.78, 5) is 12.1. The van der Waals surface area contributed by atoms with Crippen LogP contribution in [-0.4, -0.2) is 31.4 Å². The Balaban J connectivity index is 2.84. The molecule has 0 aliphatic heterocycles. The largest absolute Gasteiger partial charge is 0.417 e. The molecule has 0 aliphatic rings. The van der Waals surface area contributed by atoms with Crippen LogP contribution in [0.2, 0.25) is 0 Å². The van der Waals surface area contributed by atoms with E-state index in [4.69, 9.17) is 0 Å². The van der Waals surface area contributed by atoms with Crippen LogP contribution < -0.4 is 0 Å². The molecule has 0 aromatic carbocycles. The van der Waals surface area contributed by atoms with Crippen LogP contribution in [0.3, 0.4) is 0 Å². The second-order valence-electron chi connectivity index (χ2n) is 5.28. The minimum Gasteiger partial charge on any atom is -0.306 e. The quantitative estimate of drug-likeness (QED) is 0.284. The van der Waals surface area contributed by atoms with Crippen LogP contribution in [-0.2, 0) is 12.7 Å². The van der Waals surface area contributed by atoms with Gasteiger partial charge in [0.15, 0.2) is 5.82 Å². The van der Waals surface area contributed by atoms with Gasteiger partial charge in [-0.2, -0.15) is 26.3 Å². The lowest BCUT2D eigenvalue weighted by atomic mass is 10.3. The molecule has 0 saturated carbocycles. The van der Waals surface area contributed by atoms with E-state index in [1.165, 1.54) is 40.5 Å². The third-order valence-corrected chi connectivity index (χ3v) is 4.62. The lowest BCUT2D eigenvalue weighted by molar-refractivity contribution is -0.141. The zero-order valence-corrected chi connectivity index (χ0v) is 17.2. The smallest absolute Gasteiger partial charge is 0.306 e. The Bertz CT molecular complexity index is 880. The molecule has 4 nitrogen and oxygen atoms in total. The van der Waals surface area contributed by atoms with Crippen LogP contribution in [0.15, 0.2) is 41.8 Å². The standard InChI is InChI=1S/C16H13F6IN4S/c1-2-28-11-4-3-5-25-13(11)14-26-12(23)6-10(16(20,21)22)7-24-9-27(14)8-15(17,18)19/h3-7,9H,2,8H2,1H3. The Morgan fingerprint density at radius 2 is 1.89 bits per heavy atom. The van der Waals surface area contributed by atoms with Crippen LogP contribution >= 0.6 is 34.4 Å². The summed E-state index contributed by atoms with van der Waals surface area (Å²) >= 11 is 2.86. The van der Waals surface area contributed by atoms with Gasteiger partial charge >= 0.3 is 12.4 Å². The Hall–Kier alpha value is -1.57. The molecule has 0 bridgehead atoms. The summed E-state index contributed by atoms with van der Waals surface area (Å²) in [7, 11) is 0. The normalized spacial score (nSPS) is 12.0. The molecule has 2 aromatic rings. The molecular formula is C16H13F6IN4S. The summed E-state index contributed by atoms with van der Waals surface area (Å²) < 4.78 is 78.9. The molecule has 0 N–H and O–H groups in total. The van der Waals surface area contributed by atoms with E-state index in [1.807, 2.05) is 6.92 Å². The average molecular weight is 534 g/mol. The maximum Gasteiger partial charge on any atom is 0.417 e. The van der Waals surface area contributed by atoms with E-state index in [2.05, 4.69) is 15.0 Å². The molecular weight excluding hydrogens is 521 g/mol. The molecule has 2 rings (SSSR count). The summed E-state index contributed by atoms with van der Waals surface area (Å²) in [5.74, 6) is 0.376. The van der Waals surface area contributed by atoms with Crippen LogP contribution in [0.4, 0.5) is 26.3 Å². The molecule has 12 heteroatoms. The van der Waals surface area contributed by atoms with E-state index in [1.54, 1.807) is 12.1 Å². The first-order valence-electron chi connectivity index (χ1n) is 7.69. The monoisotopic (exact) mass is 534 g/mol. The van der Waals surface area contributed by atoms with Crippen LogP contribution in [0.5, 0.6) is 0 Å². The van der Waals surface area contributed by atoms with E-state index in [-0.39, 0.29) is 15.2 Å². The second kappa shape index (κ2) is 9.29. The number of alkyl halides is 6. The zero-order valence-electron chi connectivity index (χ0n) is 14.2. The molecule has 0 unspecified atom stereocenters. The second-order valence-corrected chi connectivity index (χ2v) is 7.69. The van der Waals surface area contributed by atoms with Crippen molar-refractivity contribution in [3.05, 3.63) is 46.2 Å². The molecule has 0 fully saturated rings. The fourth-order valence-corrected chi connectivity index (χ4v) is 3.43. The first kappa shape index (κ1) is 22.7. The number of pyridine rings is 1. The van der Waals surface area contributed by atoms with Gasteiger partial charge in [0.2, 0.25) is 0 Å². The molecule has 0 saturated heterocycles. The van der Waals surface area contributed by atoms with Crippen molar-refractivity contribution in [2.45, 2.75) is 30.7 Å². The van der Waals surface area contributed by atoms with Gasteiger partial charge < -0.3 is 4.57 Å². The molecule has 2 heterocycles. The van der Waals surface area contributed by atoms with Gasteiger partial charge in [0.25, 0.3) is 0 Å². The van der Waals surface area contributed by atoms with Crippen LogP contribution in [0.1, 0.15) is 12.5 Å². The number of hydrogen-bond acceptors (Lipinski definition) is 4. The number of hydrogen-bond donors (Lipinski definition) is 0. The summed E-state index contributed by atoms with van der Waals surface area (Å²) in [5, 5.41) is 0. The van der Waals surface area contributed by atoms with E-state index in [0.717, 1.165) is 0 Å². The van der Waals surface area contributed by atoms with E-state index < -0.39 is 24.5 Å². The Morgan fingerprint density at radius 1 is 1.18 bits per heavy atom. The molecule has 0 amide bonds. The SMILES string of the molecule is CCSc1cccnc1-c1nc(I)cc(C(F)(F)F)cncn1CC(F)(F)F. The third-order valence-electron chi connectivity index (χ3n) is 3.14. The minimum atomic E-state index is -4.73. The van der Waals surface area contributed by atoms with E-state index in [0.29, 0.717) is 33.8 Å². The lowest BCUT2D eigenvalue weighted by Crippen LogP contribution is -2.19. The van der Waals surface area contributed by atoms with Gasteiger partial charge in [0.05, 0.1) is 11.9 Å². The highest BCUT2D eigenvalue weighted by Crippen LogP contribution is 2.31. The Morgan fingerprint density at radius 3 is 2.50 bits per heavy atom. The number of nitrogens with zero attached hydrogens (tertiary/aromatic N) is 4. The molecule has 152 valence electrons. The number of rotatable bonds is 4. The minimum absolute atomic E-state index is 0.128. The van der Waals surface area contributed by atoms with Crippen LogP contribution in [0.25, 0.3) is 11.5 Å².